The molecule has 2 amide bonds. The Kier molecular flexibility index (Phi) is 4.30. The lowest BCUT2D eigenvalue weighted by Gasteiger charge is -2.04. The second kappa shape index (κ2) is 6.18. The molecule has 1 heterocycles. The maximum absolute atomic E-state index is 11.5. The summed E-state index contributed by atoms with van der Waals surface area (Å²) >= 11 is 0. The number of methoxy groups -OCH3 is 1. The predicted molar refractivity (Wildman–Crippen MR) is 80.2 cm³/mol. The molecule has 0 aliphatic carbocycles. The van der Waals surface area contributed by atoms with Crippen molar-refractivity contribution in [1.82, 2.24) is 4.57 Å². The normalized spacial score (nSPS) is 10.3. The minimum atomic E-state index is -1.08. The quantitative estimate of drug-likeness (QED) is 0.593. The lowest BCUT2D eigenvalue weighted by Crippen LogP contribution is -2.19. The molecule has 9 heteroatoms. The van der Waals surface area contributed by atoms with Crippen LogP contribution >= 0.6 is 0 Å². The smallest absolute Gasteiger partial charge is 0.337 e. The Labute approximate surface area is 130 Å². The highest BCUT2D eigenvalue weighted by atomic mass is 16.6. The highest BCUT2D eigenvalue weighted by molar-refractivity contribution is 6.08. The number of aromatic nitrogens is 1. The number of carbonyl (C=O) groups excluding carboxylic acids is 2. The molecule has 2 rings (SSSR count). The first-order chi connectivity index (χ1) is 10.8. The number of ether oxygens (including phenoxy) is 1. The number of rotatable bonds is 6. The molecule has 9 nitrogen and oxygen atoms in total. The highest BCUT2D eigenvalue weighted by Crippen LogP contribution is 2.26. The molecular formula is C14H14N4O5. The van der Waals surface area contributed by atoms with Gasteiger partial charge < -0.3 is 26.3 Å². The van der Waals surface area contributed by atoms with Gasteiger partial charge in [-0.25, -0.2) is 4.57 Å². The molecule has 0 fully saturated rings. The van der Waals surface area contributed by atoms with Gasteiger partial charge in [0, 0.05) is 0 Å². The first kappa shape index (κ1) is 16.0. The lowest BCUT2D eigenvalue weighted by molar-refractivity contribution is -0.392. The predicted octanol–water partition coefficient (Wildman–Crippen LogP) is 0.651. The summed E-state index contributed by atoms with van der Waals surface area (Å²) in [5.74, 6) is -1.98. The van der Waals surface area contributed by atoms with E-state index in [0.29, 0.717) is 11.3 Å². The van der Waals surface area contributed by atoms with Crippen molar-refractivity contribution in [2.24, 2.45) is 11.5 Å². The van der Waals surface area contributed by atoms with Gasteiger partial charge in [-0.15, -0.1) is 0 Å². The van der Waals surface area contributed by atoms with Crippen molar-refractivity contribution >= 4 is 17.6 Å². The van der Waals surface area contributed by atoms with Crippen LogP contribution in [0.3, 0.4) is 0 Å². The van der Waals surface area contributed by atoms with E-state index in [2.05, 4.69) is 0 Å². The molecule has 0 saturated heterocycles. The zero-order valence-corrected chi connectivity index (χ0v) is 12.2. The number of nitrogens with two attached hydrogens (primary N) is 2. The van der Waals surface area contributed by atoms with Crippen LogP contribution in [-0.4, -0.2) is 28.4 Å². The molecule has 23 heavy (non-hydrogen) atoms. The summed E-state index contributed by atoms with van der Waals surface area (Å²) in [4.78, 5) is 33.4. The lowest BCUT2D eigenvalue weighted by atomic mass is 10.1. The van der Waals surface area contributed by atoms with Gasteiger partial charge in [0.2, 0.25) is 0 Å². The maximum atomic E-state index is 11.5. The van der Waals surface area contributed by atoms with E-state index >= 15 is 0 Å². The monoisotopic (exact) mass is 318 g/mol. The Balaban J connectivity index is 2.52. The van der Waals surface area contributed by atoms with Gasteiger partial charge in [-0.05, 0) is 22.6 Å². The molecule has 0 aliphatic rings. The van der Waals surface area contributed by atoms with Crippen molar-refractivity contribution in [3.05, 3.63) is 57.3 Å². The standard InChI is InChI=1S/C14H14N4O5/c1-23-9-4-2-8(3-5-9)6-17-7-10(12(15)19)11(13(16)20)14(17)18(21)22/h2-5,7H,6H2,1H3,(H2,15,19)(H2,16,20). The Morgan fingerprint density at radius 2 is 1.83 bits per heavy atom. The number of benzene rings is 1. The van der Waals surface area contributed by atoms with Gasteiger partial charge in [0.25, 0.3) is 11.8 Å². The second-order valence-electron chi connectivity index (χ2n) is 4.70. The van der Waals surface area contributed by atoms with E-state index in [4.69, 9.17) is 16.2 Å². The Morgan fingerprint density at radius 3 is 2.26 bits per heavy atom. The third kappa shape index (κ3) is 3.12. The van der Waals surface area contributed by atoms with Crippen LogP contribution in [0, 0.1) is 10.1 Å². The summed E-state index contributed by atoms with van der Waals surface area (Å²) in [6.07, 6.45) is 1.16. The van der Waals surface area contributed by atoms with Gasteiger partial charge in [0.1, 0.15) is 24.1 Å². The average molecular weight is 318 g/mol. The first-order valence-electron chi connectivity index (χ1n) is 6.45. The first-order valence-corrected chi connectivity index (χ1v) is 6.45. The van der Waals surface area contributed by atoms with Gasteiger partial charge in [-0.3, -0.25) is 9.59 Å². The Hall–Kier alpha value is -3.36. The van der Waals surface area contributed by atoms with Crippen molar-refractivity contribution < 1.29 is 19.2 Å². The summed E-state index contributed by atoms with van der Waals surface area (Å²) in [6, 6.07) is 6.79. The van der Waals surface area contributed by atoms with Crippen molar-refractivity contribution in [2.45, 2.75) is 6.54 Å². The molecule has 2 aromatic rings. The summed E-state index contributed by atoms with van der Waals surface area (Å²) in [6.45, 7) is 0.0634. The number of primary amides is 2. The van der Waals surface area contributed by atoms with Crippen LogP contribution in [0.15, 0.2) is 30.5 Å². The molecule has 4 N–H and O–H groups in total. The van der Waals surface area contributed by atoms with Crippen LogP contribution in [0.5, 0.6) is 5.75 Å². The van der Waals surface area contributed by atoms with Crippen molar-refractivity contribution in [3.8, 4) is 5.75 Å². The van der Waals surface area contributed by atoms with E-state index in [9.17, 15) is 19.7 Å². The van der Waals surface area contributed by atoms with E-state index in [-0.39, 0.29) is 12.1 Å². The van der Waals surface area contributed by atoms with Crippen molar-refractivity contribution in [2.75, 3.05) is 7.11 Å². The largest absolute Gasteiger partial charge is 0.497 e. The van der Waals surface area contributed by atoms with Gasteiger partial charge >= 0.3 is 5.82 Å². The third-order valence-corrected chi connectivity index (χ3v) is 3.25. The van der Waals surface area contributed by atoms with Crippen LogP contribution in [0.25, 0.3) is 0 Å². The van der Waals surface area contributed by atoms with Crippen LogP contribution in [-0.2, 0) is 6.54 Å². The molecule has 1 aromatic carbocycles. The maximum Gasteiger partial charge on any atom is 0.337 e. The molecule has 0 saturated carbocycles. The van der Waals surface area contributed by atoms with E-state index in [1.54, 1.807) is 24.3 Å². The average Bonchev–Trinajstić information content (AvgIpc) is 2.88. The molecular weight excluding hydrogens is 304 g/mol. The van der Waals surface area contributed by atoms with E-state index in [1.165, 1.54) is 7.11 Å². The fourth-order valence-corrected chi connectivity index (χ4v) is 2.22. The molecule has 0 unspecified atom stereocenters. The minimum absolute atomic E-state index is 0.0634. The topological polar surface area (TPSA) is 143 Å². The Morgan fingerprint density at radius 1 is 1.22 bits per heavy atom. The van der Waals surface area contributed by atoms with Crippen molar-refractivity contribution in [3.63, 3.8) is 0 Å². The van der Waals surface area contributed by atoms with Crippen LogP contribution < -0.4 is 16.2 Å². The molecule has 0 bridgehead atoms. The summed E-state index contributed by atoms with van der Waals surface area (Å²) < 4.78 is 6.18. The van der Waals surface area contributed by atoms with E-state index in [0.717, 1.165) is 10.8 Å². The zero-order chi connectivity index (χ0) is 17.1. The SMILES string of the molecule is COc1ccc(Cn2cc(C(N)=O)c(C(N)=O)c2[N+](=O)[O-])cc1. The molecule has 1 aromatic heterocycles. The van der Waals surface area contributed by atoms with Crippen LogP contribution in [0.4, 0.5) is 5.82 Å². The number of hydrogen-bond acceptors (Lipinski definition) is 5. The minimum Gasteiger partial charge on any atom is -0.497 e. The van der Waals surface area contributed by atoms with Crippen molar-refractivity contribution in [1.29, 1.82) is 0 Å². The van der Waals surface area contributed by atoms with Crippen LogP contribution in [0.1, 0.15) is 26.3 Å². The van der Waals surface area contributed by atoms with Gasteiger partial charge in [-0.2, -0.15) is 0 Å². The van der Waals surface area contributed by atoms with Crippen LogP contribution in [0.2, 0.25) is 0 Å². The van der Waals surface area contributed by atoms with Gasteiger partial charge in [0.05, 0.1) is 12.7 Å². The van der Waals surface area contributed by atoms with Gasteiger partial charge in [-0.1, -0.05) is 12.1 Å². The number of carbonyl (C=O) groups is 2. The summed E-state index contributed by atoms with van der Waals surface area (Å²) in [7, 11) is 1.52. The fraction of sp³-hybridized carbons (Fsp3) is 0.143. The number of nitro groups is 1. The highest BCUT2D eigenvalue weighted by Gasteiger charge is 2.31. The third-order valence-electron chi connectivity index (χ3n) is 3.25. The van der Waals surface area contributed by atoms with Gasteiger partial charge in [0.15, 0.2) is 0 Å². The summed E-state index contributed by atoms with van der Waals surface area (Å²) in [5.41, 5.74) is 10.3. The number of hydrogen-bond donors (Lipinski definition) is 2. The Bertz CT molecular complexity index is 779. The molecule has 0 aliphatic heterocycles. The van der Waals surface area contributed by atoms with E-state index in [1.807, 2.05) is 0 Å². The second-order valence-corrected chi connectivity index (χ2v) is 4.70. The number of nitrogens with zero attached hydrogens (tertiary/aromatic N) is 2. The summed E-state index contributed by atoms with van der Waals surface area (Å²) in [5, 5.41) is 11.3. The molecule has 0 radical (unpaired) electrons. The van der Waals surface area contributed by atoms with E-state index < -0.39 is 28.1 Å². The molecule has 0 atom stereocenters. The molecule has 120 valence electrons. The zero-order valence-electron chi connectivity index (χ0n) is 12.2. The molecule has 0 spiro atoms. The number of amides is 2. The fourth-order valence-electron chi connectivity index (χ4n) is 2.22.